The van der Waals surface area contributed by atoms with Crippen molar-refractivity contribution in [2.45, 2.75) is 0 Å². The molecule has 14 heavy (non-hydrogen) atoms. The topological polar surface area (TPSA) is 15.8 Å². The standard InChI is InChI=1S/C12H9NS/c1-2-12-10(3-5-13-12)7-9(1)11-4-6-14-8-11/h1-8,13H. The molecule has 0 aliphatic heterocycles. The third-order valence-corrected chi connectivity index (χ3v) is 3.09. The molecule has 0 atom stereocenters. The number of rotatable bonds is 1. The maximum Gasteiger partial charge on any atom is 0.0454 e. The largest absolute Gasteiger partial charge is 0.361 e. The molecule has 0 bridgehead atoms. The second kappa shape index (κ2) is 3.00. The zero-order valence-electron chi connectivity index (χ0n) is 7.53. The Kier molecular flexibility index (Phi) is 1.67. The Hall–Kier alpha value is -1.54. The van der Waals surface area contributed by atoms with Gasteiger partial charge in [-0.1, -0.05) is 6.07 Å². The van der Waals surface area contributed by atoms with Crippen molar-refractivity contribution in [3.05, 3.63) is 47.3 Å². The van der Waals surface area contributed by atoms with Gasteiger partial charge in [0.15, 0.2) is 0 Å². The fraction of sp³-hybridized carbons (Fsp3) is 0. The molecule has 1 aromatic carbocycles. The Balaban J connectivity index is 2.23. The summed E-state index contributed by atoms with van der Waals surface area (Å²) < 4.78 is 0. The van der Waals surface area contributed by atoms with Crippen LogP contribution in [-0.2, 0) is 0 Å². The second-order valence-electron chi connectivity index (χ2n) is 3.29. The van der Waals surface area contributed by atoms with Gasteiger partial charge in [0, 0.05) is 11.7 Å². The van der Waals surface area contributed by atoms with Crippen LogP contribution >= 0.6 is 11.3 Å². The van der Waals surface area contributed by atoms with Gasteiger partial charge < -0.3 is 4.98 Å². The van der Waals surface area contributed by atoms with Gasteiger partial charge in [-0.05, 0) is 51.5 Å². The van der Waals surface area contributed by atoms with E-state index in [1.54, 1.807) is 11.3 Å². The van der Waals surface area contributed by atoms with Crippen molar-refractivity contribution in [2.75, 3.05) is 0 Å². The van der Waals surface area contributed by atoms with E-state index in [4.69, 9.17) is 0 Å². The molecule has 0 aliphatic rings. The van der Waals surface area contributed by atoms with E-state index < -0.39 is 0 Å². The van der Waals surface area contributed by atoms with Crippen molar-refractivity contribution in [3.63, 3.8) is 0 Å². The normalized spacial score (nSPS) is 10.9. The highest BCUT2D eigenvalue weighted by Crippen LogP contribution is 2.25. The fourth-order valence-corrected chi connectivity index (χ4v) is 2.33. The molecule has 0 saturated carbocycles. The Bertz CT molecular complexity index is 548. The summed E-state index contributed by atoms with van der Waals surface area (Å²) in [5.41, 5.74) is 3.79. The first-order chi connectivity index (χ1) is 6.93. The summed E-state index contributed by atoms with van der Waals surface area (Å²) in [6.07, 6.45) is 1.97. The molecule has 0 amide bonds. The Morgan fingerprint density at radius 3 is 2.86 bits per heavy atom. The van der Waals surface area contributed by atoms with Crippen LogP contribution in [0.4, 0.5) is 0 Å². The highest BCUT2D eigenvalue weighted by Gasteiger charge is 1.99. The lowest BCUT2D eigenvalue weighted by molar-refractivity contribution is 1.48. The van der Waals surface area contributed by atoms with E-state index in [0.29, 0.717) is 0 Å². The van der Waals surface area contributed by atoms with E-state index in [9.17, 15) is 0 Å². The first kappa shape index (κ1) is 7.83. The van der Waals surface area contributed by atoms with Gasteiger partial charge in [-0.3, -0.25) is 0 Å². The van der Waals surface area contributed by atoms with Crippen molar-refractivity contribution in [2.24, 2.45) is 0 Å². The second-order valence-corrected chi connectivity index (χ2v) is 4.07. The van der Waals surface area contributed by atoms with Gasteiger partial charge in [-0.15, -0.1) is 0 Å². The van der Waals surface area contributed by atoms with Crippen molar-refractivity contribution >= 4 is 22.2 Å². The van der Waals surface area contributed by atoms with Crippen molar-refractivity contribution in [3.8, 4) is 11.1 Å². The van der Waals surface area contributed by atoms with Crippen LogP contribution in [0.25, 0.3) is 22.0 Å². The number of H-pyrrole nitrogens is 1. The monoisotopic (exact) mass is 199 g/mol. The first-order valence-corrected chi connectivity index (χ1v) is 5.47. The quantitative estimate of drug-likeness (QED) is 0.612. The molecular weight excluding hydrogens is 190 g/mol. The number of aromatic nitrogens is 1. The molecule has 3 rings (SSSR count). The molecule has 0 unspecified atom stereocenters. The van der Waals surface area contributed by atoms with E-state index in [-0.39, 0.29) is 0 Å². The Morgan fingerprint density at radius 1 is 1.00 bits per heavy atom. The molecule has 0 radical (unpaired) electrons. The highest BCUT2D eigenvalue weighted by atomic mass is 32.1. The van der Waals surface area contributed by atoms with E-state index in [1.165, 1.54) is 22.0 Å². The summed E-state index contributed by atoms with van der Waals surface area (Å²) in [7, 11) is 0. The predicted molar refractivity (Wildman–Crippen MR) is 61.6 cm³/mol. The van der Waals surface area contributed by atoms with Crippen molar-refractivity contribution < 1.29 is 0 Å². The molecular formula is C12H9NS. The molecule has 1 N–H and O–H groups in total. The van der Waals surface area contributed by atoms with Crippen molar-refractivity contribution in [1.29, 1.82) is 0 Å². The lowest BCUT2D eigenvalue weighted by Gasteiger charge is -1.97. The van der Waals surface area contributed by atoms with Crippen LogP contribution < -0.4 is 0 Å². The molecule has 2 heterocycles. The van der Waals surface area contributed by atoms with E-state index in [0.717, 1.165) is 0 Å². The van der Waals surface area contributed by atoms with Gasteiger partial charge in [0.25, 0.3) is 0 Å². The van der Waals surface area contributed by atoms with Gasteiger partial charge in [-0.25, -0.2) is 0 Å². The van der Waals surface area contributed by atoms with Crippen LogP contribution in [-0.4, -0.2) is 4.98 Å². The molecule has 0 aliphatic carbocycles. The van der Waals surface area contributed by atoms with Crippen LogP contribution in [0.3, 0.4) is 0 Å². The molecule has 0 spiro atoms. The number of aromatic amines is 1. The summed E-state index contributed by atoms with van der Waals surface area (Å²) in [6.45, 7) is 0. The molecule has 1 nitrogen and oxygen atoms in total. The molecule has 3 aromatic rings. The third-order valence-electron chi connectivity index (χ3n) is 2.41. The maximum atomic E-state index is 3.19. The van der Waals surface area contributed by atoms with Crippen LogP contribution in [0.1, 0.15) is 0 Å². The lowest BCUT2D eigenvalue weighted by Crippen LogP contribution is -1.73. The number of nitrogens with one attached hydrogen (secondary N) is 1. The maximum absolute atomic E-state index is 3.19. The number of benzene rings is 1. The van der Waals surface area contributed by atoms with E-state index in [2.05, 4.69) is 46.1 Å². The van der Waals surface area contributed by atoms with Gasteiger partial charge >= 0.3 is 0 Å². The first-order valence-electron chi connectivity index (χ1n) is 4.53. The third kappa shape index (κ3) is 1.16. The van der Waals surface area contributed by atoms with Crippen LogP contribution in [0, 0.1) is 0 Å². The summed E-state index contributed by atoms with van der Waals surface area (Å²) in [4.78, 5) is 3.19. The molecule has 0 saturated heterocycles. The molecule has 68 valence electrons. The van der Waals surface area contributed by atoms with Crippen LogP contribution in [0.15, 0.2) is 47.3 Å². The average molecular weight is 199 g/mol. The lowest BCUT2D eigenvalue weighted by atomic mass is 10.1. The summed E-state index contributed by atoms with van der Waals surface area (Å²) in [5.74, 6) is 0. The zero-order valence-corrected chi connectivity index (χ0v) is 8.34. The Labute approximate surface area is 86.0 Å². The number of thiophene rings is 1. The highest BCUT2D eigenvalue weighted by molar-refractivity contribution is 7.08. The number of hydrogen-bond acceptors (Lipinski definition) is 1. The predicted octanol–water partition coefficient (Wildman–Crippen LogP) is 3.90. The Morgan fingerprint density at radius 2 is 2.00 bits per heavy atom. The minimum atomic E-state index is 1.20. The number of fused-ring (bicyclic) bond motifs is 1. The van der Waals surface area contributed by atoms with Gasteiger partial charge in [0.1, 0.15) is 0 Å². The van der Waals surface area contributed by atoms with E-state index >= 15 is 0 Å². The average Bonchev–Trinajstić information content (AvgIpc) is 2.88. The smallest absolute Gasteiger partial charge is 0.0454 e. The summed E-state index contributed by atoms with van der Waals surface area (Å²) in [6, 6.07) is 10.8. The summed E-state index contributed by atoms with van der Waals surface area (Å²) in [5, 5.41) is 5.55. The molecule has 0 fully saturated rings. The van der Waals surface area contributed by atoms with Gasteiger partial charge in [-0.2, -0.15) is 11.3 Å². The molecule has 2 aromatic heterocycles. The van der Waals surface area contributed by atoms with Gasteiger partial charge in [0.05, 0.1) is 0 Å². The zero-order chi connectivity index (χ0) is 9.38. The van der Waals surface area contributed by atoms with Crippen LogP contribution in [0.5, 0.6) is 0 Å². The SMILES string of the molecule is c1cc2cc(-c3ccsc3)ccc2[nH]1. The number of hydrogen-bond donors (Lipinski definition) is 1. The van der Waals surface area contributed by atoms with Gasteiger partial charge in [0.2, 0.25) is 0 Å². The molecule has 2 heteroatoms. The van der Waals surface area contributed by atoms with E-state index in [1.807, 2.05) is 6.20 Å². The minimum Gasteiger partial charge on any atom is -0.361 e. The minimum absolute atomic E-state index is 1.20. The fourth-order valence-electron chi connectivity index (χ4n) is 1.66. The van der Waals surface area contributed by atoms with Crippen molar-refractivity contribution in [1.82, 2.24) is 4.98 Å². The summed E-state index contributed by atoms with van der Waals surface area (Å²) >= 11 is 1.73. The van der Waals surface area contributed by atoms with Crippen LogP contribution in [0.2, 0.25) is 0 Å².